The van der Waals surface area contributed by atoms with Gasteiger partial charge < -0.3 is 10.1 Å². The molecule has 0 saturated heterocycles. The molecule has 6 nitrogen and oxygen atoms in total. The van der Waals surface area contributed by atoms with Gasteiger partial charge in [0.05, 0.1) is 23.8 Å². The quantitative estimate of drug-likeness (QED) is 0.499. The van der Waals surface area contributed by atoms with Crippen LogP contribution < -0.4 is 15.6 Å². The Bertz CT molecular complexity index is 1020. The molecule has 1 aromatic heterocycles. The van der Waals surface area contributed by atoms with Crippen molar-refractivity contribution in [1.29, 1.82) is 0 Å². The van der Waals surface area contributed by atoms with E-state index < -0.39 is 0 Å². The van der Waals surface area contributed by atoms with E-state index in [-0.39, 0.29) is 17.2 Å². The van der Waals surface area contributed by atoms with E-state index in [1.807, 2.05) is 37.3 Å². The Morgan fingerprint density at radius 3 is 2.81 bits per heavy atom. The molecule has 0 spiro atoms. The van der Waals surface area contributed by atoms with Gasteiger partial charge in [0.1, 0.15) is 5.75 Å². The number of carbonyl (C=O) groups is 1. The highest BCUT2D eigenvalue weighted by molar-refractivity contribution is 7.99. The van der Waals surface area contributed by atoms with E-state index in [9.17, 15) is 9.59 Å². The Labute approximate surface area is 161 Å². The summed E-state index contributed by atoms with van der Waals surface area (Å²) in [6.07, 6.45) is 0.809. The predicted molar refractivity (Wildman–Crippen MR) is 109 cm³/mol. The minimum Gasteiger partial charge on any atom is -0.497 e. The van der Waals surface area contributed by atoms with Crippen molar-refractivity contribution >= 4 is 34.3 Å². The van der Waals surface area contributed by atoms with E-state index in [0.29, 0.717) is 34.0 Å². The van der Waals surface area contributed by atoms with Gasteiger partial charge in [0.15, 0.2) is 5.16 Å². The van der Waals surface area contributed by atoms with Crippen LogP contribution in [-0.4, -0.2) is 28.3 Å². The fourth-order valence-corrected chi connectivity index (χ4v) is 3.53. The Hall–Kier alpha value is -2.80. The van der Waals surface area contributed by atoms with Crippen LogP contribution in [0.3, 0.4) is 0 Å². The molecule has 0 radical (unpaired) electrons. The number of ether oxygens (including phenoxy) is 1. The Morgan fingerprint density at radius 2 is 2.04 bits per heavy atom. The highest BCUT2D eigenvalue weighted by atomic mass is 32.2. The molecule has 0 bridgehead atoms. The molecule has 1 heterocycles. The lowest BCUT2D eigenvalue weighted by atomic mass is 10.2. The molecule has 0 aliphatic heterocycles. The number of hydrogen-bond acceptors (Lipinski definition) is 5. The molecule has 0 fully saturated rings. The maximum absolute atomic E-state index is 12.7. The van der Waals surface area contributed by atoms with Gasteiger partial charge in [-0.3, -0.25) is 14.2 Å². The number of nitrogens with one attached hydrogen (secondary N) is 1. The number of aromatic nitrogens is 2. The first-order chi connectivity index (χ1) is 13.1. The zero-order valence-electron chi connectivity index (χ0n) is 15.3. The molecule has 0 unspecified atom stereocenters. The lowest BCUT2D eigenvalue weighted by Gasteiger charge is -2.12. The second kappa shape index (κ2) is 8.73. The highest BCUT2D eigenvalue weighted by Gasteiger charge is 2.13. The Balaban J connectivity index is 1.78. The first-order valence-electron chi connectivity index (χ1n) is 8.68. The summed E-state index contributed by atoms with van der Waals surface area (Å²) in [5.74, 6) is 0.665. The molecular formula is C20H21N3O3S. The van der Waals surface area contributed by atoms with Crippen LogP contribution in [0.4, 0.5) is 5.69 Å². The summed E-state index contributed by atoms with van der Waals surface area (Å²) in [6, 6.07) is 14.4. The summed E-state index contributed by atoms with van der Waals surface area (Å²) in [4.78, 5) is 29.6. The number of hydrogen-bond donors (Lipinski definition) is 1. The van der Waals surface area contributed by atoms with Crippen molar-refractivity contribution in [2.24, 2.45) is 0 Å². The van der Waals surface area contributed by atoms with E-state index in [0.717, 1.165) is 6.42 Å². The van der Waals surface area contributed by atoms with Gasteiger partial charge >= 0.3 is 0 Å². The average Bonchev–Trinajstić information content (AvgIpc) is 2.69. The van der Waals surface area contributed by atoms with Crippen molar-refractivity contribution in [2.75, 3.05) is 18.2 Å². The third kappa shape index (κ3) is 4.49. The van der Waals surface area contributed by atoms with Crippen LogP contribution in [0.2, 0.25) is 0 Å². The van der Waals surface area contributed by atoms with Crippen LogP contribution in [0, 0.1) is 0 Å². The van der Waals surface area contributed by atoms with E-state index in [1.165, 1.54) is 11.8 Å². The number of anilines is 1. The van der Waals surface area contributed by atoms with E-state index >= 15 is 0 Å². The molecule has 1 N–H and O–H groups in total. The van der Waals surface area contributed by atoms with Gasteiger partial charge in [0.25, 0.3) is 5.56 Å². The molecule has 140 valence electrons. The fourth-order valence-electron chi connectivity index (χ4n) is 2.71. The molecule has 1 amide bonds. The molecule has 0 aliphatic rings. The lowest BCUT2D eigenvalue weighted by Crippen LogP contribution is -2.24. The maximum atomic E-state index is 12.7. The number of benzene rings is 2. The number of thioether (sulfide) groups is 1. The smallest absolute Gasteiger partial charge is 0.262 e. The summed E-state index contributed by atoms with van der Waals surface area (Å²) in [6.45, 7) is 2.57. The monoisotopic (exact) mass is 383 g/mol. The third-order valence-electron chi connectivity index (χ3n) is 3.96. The normalized spacial score (nSPS) is 10.7. The summed E-state index contributed by atoms with van der Waals surface area (Å²) in [5.41, 5.74) is 1.24. The van der Waals surface area contributed by atoms with E-state index in [1.54, 1.807) is 29.9 Å². The number of fused-ring (bicyclic) bond motifs is 1. The van der Waals surface area contributed by atoms with Gasteiger partial charge in [0.2, 0.25) is 5.91 Å². The van der Waals surface area contributed by atoms with Gasteiger partial charge in [-0.15, -0.1) is 0 Å². The van der Waals surface area contributed by atoms with E-state index in [2.05, 4.69) is 10.3 Å². The second-order valence-electron chi connectivity index (χ2n) is 5.94. The third-order valence-corrected chi connectivity index (χ3v) is 4.94. The predicted octanol–water partition coefficient (Wildman–Crippen LogP) is 3.55. The standard InChI is InChI=1S/C20H21N3O3S/c1-3-11-23-19(25)16-9-4-5-10-17(16)22-20(23)27-13-18(24)21-14-7-6-8-15(12-14)26-2/h4-10,12H,3,11,13H2,1-2H3,(H,21,24). The topological polar surface area (TPSA) is 73.2 Å². The number of nitrogens with zero attached hydrogens (tertiary/aromatic N) is 2. The number of methoxy groups -OCH3 is 1. The molecule has 3 aromatic rings. The van der Waals surface area contributed by atoms with Crippen molar-refractivity contribution in [1.82, 2.24) is 9.55 Å². The van der Waals surface area contributed by atoms with Crippen LogP contribution in [0.5, 0.6) is 5.75 Å². The fraction of sp³-hybridized carbons (Fsp3) is 0.250. The van der Waals surface area contributed by atoms with Gasteiger partial charge in [-0.25, -0.2) is 4.98 Å². The van der Waals surface area contributed by atoms with Crippen LogP contribution >= 0.6 is 11.8 Å². The lowest BCUT2D eigenvalue weighted by molar-refractivity contribution is -0.113. The molecule has 0 aliphatic carbocycles. The largest absolute Gasteiger partial charge is 0.497 e. The van der Waals surface area contributed by atoms with Gasteiger partial charge in [-0.2, -0.15) is 0 Å². The minimum atomic E-state index is -0.168. The zero-order chi connectivity index (χ0) is 19.2. The van der Waals surface area contributed by atoms with Gasteiger partial charge in [0, 0.05) is 18.3 Å². The molecule has 27 heavy (non-hydrogen) atoms. The minimum absolute atomic E-state index is 0.0712. The Kier molecular flexibility index (Phi) is 6.13. The molecular weight excluding hydrogens is 362 g/mol. The van der Waals surface area contributed by atoms with Crippen LogP contribution in [-0.2, 0) is 11.3 Å². The summed E-state index contributed by atoms with van der Waals surface area (Å²) >= 11 is 1.26. The second-order valence-corrected chi connectivity index (χ2v) is 6.88. The zero-order valence-corrected chi connectivity index (χ0v) is 16.1. The highest BCUT2D eigenvalue weighted by Crippen LogP contribution is 2.20. The van der Waals surface area contributed by atoms with Crippen LogP contribution in [0.15, 0.2) is 58.5 Å². The maximum Gasteiger partial charge on any atom is 0.262 e. The van der Waals surface area contributed by atoms with Crippen molar-refractivity contribution in [3.8, 4) is 5.75 Å². The number of carbonyl (C=O) groups excluding carboxylic acids is 1. The summed E-state index contributed by atoms with van der Waals surface area (Å²) in [7, 11) is 1.58. The first-order valence-corrected chi connectivity index (χ1v) is 9.67. The first kappa shape index (κ1) is 19.0. The molecule has 0 saturated carbocycles. The molecule has 3 rings (SSSR count). The molecule has 0 atom stereocenters. The van der Waals surface area contributed by atoms with Gasteiger partial charge in [-0.1, -0.05) is 36.9 Å². The SMILES string of the molecule is CCCn1c(SCC(=O)Nc2cccc(OC)c2)nc2ccccc2c1=O. The van der Waals surface area contributed by atoms with Crippen molar-refractivity contribution in [3.05, 3.63) is 58.9 Å². The van der Waals surface area contributed by atoms with Crippen molar-refractivity contribution in [2.45, 2.75) is 25.0 Å². The van der Waals surface area contributed by atoms with Crippen LogP contribution in [0.25, 0.3) is 10.9 Å². The number of rotatable bonds is 7. The number of para-hydroxylation sites is 1. The van der Waals surface area contributed by atoms with Crippen LogP contribution in [0.1, 0.15) is 13.3 Å². The van der Waals surface area contributed by atoms with Crippen molar-refractivity contribution < 1.29 is 9.53 Å². The van der Waals surface area contributed by atoms with Crippen molar-refractivity contribution in [3.63, 3.8) is 0 Å². The van der Waals surface area contributed by atoms with E-state index in [4.69, 9.17) is 4.74 Å². The molecule has 7 heteroatoms. The summed E-state index contributed by atoms with van der Waals surface area (Å²) in [5, 5.41) is 3.99. The Morgan fingerprint density at radius 1 is 1.22 bits per heavy atom. The summed E-state index contributed by atoms with van der Waals surface area (Å²) < 4.78 is 6.80. The molecule has 2 aromatic carbocycles. The number of amides is 1. The van der Waals surface area contributed by atoms with Gasteiger partial charge in [-0.05, 0) is 30.7 Å². The average molecular weight is 383 g/mol.